The number of Topliss-reactive ketones (excluding diaryl/α,β-unsaturated/α-hetero) is 1. The Morgan fingerprint density at radius 1 is 1.22 bits per heavy atom. The van der Waals surface area contributed by atoms with Crippen LogP contribution in [0.2, 0.25) is 0 Å². The number of hydrogen-bond acceptors (Lipinski definition) is 3. The predicted molar refractivity (Wildman–Crippen MR) is 70.6 cm³/mol. The van der Waals surface area contributed by atoms with Gasteiger partial charge in [-0.3, -0.25) is 9.59 Å². The zero-order valence-electron chi connectivity index (χ0n) is 9.94. The molecule has 0 aliphatic heterocycles. The van der Waals surface area contributed by atoms with Crippen LogP contribution in [0, 0.1) is 5.92 Å². The third-order valence-corrected chi connectivity index (χ3v) is 2.84. The maximum atomic E-state index is 11.8. The number of ether oxygens (including phenoxy) is 1. The Morgan fingerprint density at radius 2 is 1.83 bits per heavy atom. The molecule has 3 nitrogen and oxygen atoms in total. The van der Waals surface area contributed by atoms with Gasteiger partial charge in [0.2, 0.25) is 0 Å². The summed E-state index contributed by atoms with van der Waals surface area (Å²) in [6, 6.07) is 7.25. The molecule has 1 aliphatic rings. The second-order valence-electron chi connectivity index (χ2n) is 4.32. The summed E-state index contributed by atoms with van der Waals surface area (Å²) >= 11 is 0. The molecule has 0 amide bonds. The SMILES string of the molecule is C.CCOC(=O)Cc1ccc(C(=O)C2CC2)cc1. The maximum Gasteiger partial charge on any atom is 0.310 e. The van der Waals surface area contributed by atoms with E-state index < -0.39 is 0 Å². The van der Waals surface area contributed by atoms with E-state index in [4.69, 9.17) is 4.74 Å². The molecule has 18 heavy (non-hydrogen) atoms. The van der Waals surface area contributed by atoms with Gasteiger partial charge in [0.05, 0.1) is 13.0 Å². The van der Waals surface area contributed by atoms with Gasteiger partial charge < -0.3 is 4.74 Å². The molecule has 1 aromatic carbocycles. The van der Waals surface area contributed by atoms with Gasteiger partial charge in [-0.2, -0.15) is 0 Å². The first kappa shape index (κ1) is 14.4. The second kappa shape index (κ2) is 6.34. The van der Waals surface area contributed by atoms with Crippen LogP contribution in [0.1, 0.15) is 43.1 Å². The molecule has 0 N–H and O–H groups in total. The summed E-state index contributed by atoms with van der Waals surface area (Å²) in [6.07, 6.45) is 2.30. The van der Waals surface area contributed by atoms with Gasteiger partial charge in [0.25, 0.3) is 0 Å². The highest BCUT2D eigenvalue weighted by atomic mass is 16.5. The highest BCUT2D eigenvalue weighted by Gasteiger charge is 2.30. The van der Waals surface area contributed by atoms with Gasteiger partial charge in [0.1, 0.15) is 0 Å². The zero-order valence-corrected chi connectivity index (χ0v) is 9.94. The van der Waals surface area contributed by atoms with Crippen molar-refractivity contribution in [3.05, 3.63) is 35.4 Å². The van der Waals surface area contributed by atoms with E-state index in [2.05, 4.69) is 0 Å². The van der Waals surface area contributed by atoms with Crippen LogP contribution in [-0.4, -0.2) is 18.4 Å². The van der Waals surface area contributed by atoms with Gasteiger partial charge in [-0.1, -0.05) is 31.7 Å². The lowest BCUT2D eigenvalue weighted by molar-refractivity contribution is -0.142. The fourth-order valence-corrected chi connectivity index (χ4v) is 1.75. The van der Waals surface area contributed by atoms with Crippen LogP contribution in [0.4, 0.5) is 0 Å². The van der Waals surface area contributed by atoms with Crippen molar-refractivity contribution in [1.29, 1.82) is 0 Å². The fourth-order valence-electron chi connectivity index (χ4n) is 1.75. The number of esters is 1. The minimum absolute atomic E-state index is 0. The summed E-state index contributed by atoms with van der Waals surface area (Å²) in [4.78, 5) is 23.0. The molecule has 0 heterocycles. The van der Waals surface area contributed by atoms with E-state index in [1.165, 1.54) is 0 Å². The molecule has 3 heteroatoms. The number of carbonyl (C=O) groups is 2. The molecule has 1 aliphatic carbocycles. The van der Waals surface area contributed by atoms with E-state index >= 15 is 0 Å². The first-order valence-electron chi connectivity index (χ1n) is 5.99. The Morgan fingerprint density at radius 3 is 2.33 bits per heavy atom. The normalized spacial score (nSPS) is 13.6. The van der Waals surface area contributed by atoms with Crippen LogP contribution in [0.15, 0.2) is 24.3 Å². The number of hydrogen-bond donors (Lipinski definition) is 0. The Bertz CT molecular complexity index is 416. The van der Waals surface area contributed by atoms with Gasteiger partial charge in [-0.15, -0.1) is 0 Å². The summed E-state index contributed by atoms with van der Waals surface area (Å²) in [5.41, 5.74) is 1.64. The standard InChI is InChI=1S/C14H16O3.CH4/c1-2-17-13(15)9-10-3-5-11(6-4-10)14(16)12-7-8-12;/h3-6,12H,2,7-9H2,1H3;1H4. The minimum Gasteiger partial charge on any atom is -0.466 e. The topological polar surface area (TPSA) is 43.4 Å². The molecule has 1 fully saturated rings. The largest absolute Gasteiger partial charge is 0.466 e. The Labute approximate surface area is 108 Å². The molecule has 1 saturated carbocycles. The lowest BCUT2D eigenvalue weighted by atomic mass is 10.0. The minimum atomic E-state index is -0.228. The molecular weight excluding hydrogens is 228 g/mol. The molecule has 0 saturated heterocycles. The van der Waals surface area contributed by atoms with Gasteiger partial charge >= 0.3 is 5.97 Å². The average Bonchev–Trinajstić information content (AvgIpc) is 3.13. The monoisotopic (exact) mass is 248 g/mol. The molecule has 0 radical (unpaired) electrons. The molecule has 0 spiro atoms. The lowest BCUT2D eigenvalue weighted by Crippen LogP contribution is -2.08. The van der Waals surface area contributed by atoms with Gasteiger partial charge in [0.15, 0.2) is 5.78 Å². The quantitative estimate of drug-likeness (QED) is 0.594. The first-order chi connectivity index (χ1) is 8.20. The van der Waals surface area contributed by atoms with Crippen molar-refractivity contribution >= 4 is 11.8 Å². The zero-order chi connectivity index (χ0) is 12.3. The van der Waals surface area contributed by atoms with Crippen LogP contribution in [0.25, 0.3) is 0 Å². The third kappa shape index (κ3) is 3.69. The van der Waals surface area contributed by atoms with Gasteiger partial charge in [-0.05, 0) is 25.3 Å². The second-order valence-corrected chi connectivity index (χ2v) is 4.32. The van der Waals surface area contributed by atoms with Crippen molar-refractivity contribution in [1.82, 2.24) is 0 Å². The molecule has 0 aromatic heterocycles. The highest BCUT2D eigenvalue weighted by Crippen LogP contribution is 2.32. The summed E-state index contributed by atoms with van der Waals surface area (Å²) < 4.78 is 4.87. The summed E-state index contributed by atoms with van der Waals surface area (Å²) in [5.74, 6) is 0.243. The number of rotatable bonds is 5. The van der Waals surface area contributed by atoms with Crippen LogP contribution in [0.5, 0.6) is 0 Å². The number of benzene rings is 1. The van der Waals surface area contributed by atoms with Gasteiger partial charge in [-0.25, -0.2) is 0 Å². The van der Waals surface area contributed by atoms with Crippen LogP contribution in [-0.2, 0) is 16.0 Å². The fraction of sp³-hybridized carbons (Fsp3) is 0.467. The van der Waals surface area contributed by atoms with E-state index in [1.807, 2.05) is 12.1 Å². The summed E-state index contributed by atoms with van der Waals surface area (Å²) in [7, 11) is 0. The summed E-state index contributed by atoms with van der Waals surface area (Å²) in [5, 5.41) is 0. The molecule has 0 unspecified atom stereocenters. The smallest absolute Gasteiger partial charge is 0.310 e. The van der Waals surface area contributed by atoms with Crippen LogP contribution < -0.4 is 0 Å². The lowest BCUT2D eigenvalue weighted by Gasteiger charge is -2.03. The van der Waals surface area contributed by atoms with E-state index in [0.717, 1.165) is 24.0 Å². The molecule has 0 bridgehead atoms. The van der Waals surface area contributed by atoms with Crippen molar-refractivity contribution in [2.75, 3.05) is 6.61 Å². The van der Waals surface area contributed by atoms with E-state index in [-0.39, 0.29) is 31.5 Å². The van der Waals surface area contributed by atoms with Gasteiger partial charge in [0, 0.05) is 11.5 Å². The van der Waals surface area contributed by atoms with Crippen LogP contribution in [0.3, 0.4) is 0 Å². The maximum absolute atomic E-state index is 11.8. The molecule has 2 rings (SSSR count). The number of carbonyl (C=O) groups excluding carboxylic acids is 2. The van der Waals surface area contributed by atoms with Crippen molar-refractivity contribution in [2.45, 2.75) is 33.6 Å². The van der Waals surface area contributed by atoms with E-state index in [0.29, 0.717) is 6.61 Å². The Balaban J connectivity index is 0.00000162. The number of ketones is 1. The van der Waals surface area contributed by atoms with Crippen LogP contribution >= 0.6 is 0 Å². The Hall–Kier alpha value is -1.64. The average molecular weight is 248 g/mol. The Kier molecular flexibility index (Phi) is 5.08. The predicted octanol–water partition coefficient (Wildman–Crippen LogP) is 3.02. The molecule has 98 valence electrons. The van der Waals surface area contributed by atoms with E-state index in [1.54, 1.807) is 19.1 Å². The third-order valence-electron chi connectivity index (χ3n) is 2.84. The highest BCUT2D eigenvalue weighted by molar-refractivity contribution is 5.99. The molecule has 0 atom stereocenters. The van der Waals surface area contributed by atoms with Crippen molar-refractivity contribution in [2.24, 2.45) is 5.92 Å². The summed E-state index contributed by atoms with van der Waals surface area (Å²) in [6.45, 7) is 2.19. The van der Waals surface area contributed by atoms with Crippen molar-refractivity contribution < 1.29 is 14.3 Å². The van der Waals surface area contributed by atoms with Crippen molar-refractivity contribution in [3.63, 3.8) is 0 Å². The molecule has 1 aromatic rings. The van der Waals surface area contributed by atoms with Crippen molar-refractivity contribution in [3.8, 4) is 0 Å². The van der Waals surface area contributed by atoms with E-state index in [9.17, 15) is 9.59 Å². The first-order valence-corrected chi connectivity index (χ1v) is 5.99. The molecular formula is C15H20O3.